The molecular formula is C21H33N5. The van der Waals surface area contributed by atoms with Gasteiger partial charge in [-0.25, -0.2) is 0 Å². The second-order valence-corrected chi connectivity index (χ2v) is 7.59. The van der Waals surface area contributed by atoms with Gasteiger partial charge in [0.2, 0.25) is 0 Å². The van der Waals surface area contributed by atoms with Crippen LogP contribution in [0.3, 0.4) is 0 Å². The van der Waals surface area contributed by atoms with Gasteiger partial charge in [0.25, 0.3) is 0 Å². The van der Waals surface area contributed by atoms with Crippen molar-refractivity contribution >= 4 is 16.9 Å². The molecule has 3 rings (SSSR count). The molecule has 3 N–H and O–H groups in total. The van der Waals surface area contributed by atoms with Crippen molar-refractivity contribution in [3.63, 3.8) is 0 Å². The van der Waals surface area contributed by atoms with Crippen molar-refractivity contribution in [3.05, 3.63) is 36.0 Å². The molecule has 2 heterocycles. The molecule has 0 amide bonds. The second kappa shape index (κ2) is 9.08. The summed E-state index contributed by atoms with van der Waals surface area (Å²) in [4.78, 5) is 10.3. The van der Waals surface area contributed by atoms with E-state index in [1.165, 1.54) is 42.4 Å². The summed E-state index contributed by atoms with van der Waals surface area (Å²) >= 11 is 0. The van der Waals surface area contributed by atoms with E-state index in [9.17, 15) is 0 Å². The van der Waals surface area contributed by atoms with Crippen molar-refractivity contribution in [1.29, 1.82) is 0 Å². The topological polar surface area (TPSA) is 55.5 Å². The zero-order valence-electron chi connectivity index (χ0n) is 16.4. The van der Waals surface area contributed by atoms with Gasteiger partial charge in [-0.3, -0.25) is 4.99 Å². The predicted octanol–water partition coefficient (Wildman–Crippen LogP) is 3.00. The van der Waals surface area contributed by atoms with Crippen LogP contribution in [0.5, 0.6) is 0 Å². The first-order valence-electron chi connectivity index (χ1n) is 9.91. The van der Waals surface area contributed by atoms with Crippen molar-refractivity contribution < 1.29 is 0 Å². The van der Waals surface area contributed by atoms with Crippen molar-refractivity contribution in [2.75, 3.05) is 33.2 Å². The summed E-state index contributed by atoms with van der Waals surface area (Å²) in [5.41, 5.74) is 2.56. The molecule has 1 fully saturated rings. The Morgan fingerprint density at radius 3 is 2.96 bits per heavy atom. The first-order valence-corrected chi connectivity index (χ1v) is 9.91. The molecule has 1 aromatic heterocycles. The van der Waals surface area contributed by atoms with Crippen LogP contribution in [-0.2, 0) is 6.42 Å². The standard InChI is InChI=1S/C21H33N5/c1-16(2)26-12-6-7-17(15-26)13-25-21(22-3)23-11-10-18-14-24-20-9-5-4-8-19(18)20/h4-5,8-9,14,16-17,24H,6-7,10-13,15H2,1-3H3,(H2,22,23,25). The number of guanidine groups is 1. The van der Waals surface area contributed by atoms with Gasteiger partial charge in [-0.1, -0.05) is 18.2 Å². The Labute approximate surface area is 157 Å². The van der Waals surface area contributed by atoms with Crippen LogP contribution in [0.25, 0.3) is 10.9 Å². The number of aliphatic imine (C=N–C) groups is 1. The Kier molecular flexibility index (Phi) is 6.56. The van der Waals surface area contributed by atoms with Crippen LogP contribution < -0.4 is 10.6 Å². The number of hydrogen-bond donors (Lipinski definition) is 3. The maximum atomic E-state index is 4.38. The number of para-hydroxylation sites is 1. The Balaban J connectivity index is 1.43. The Morgan fingerprint density at radius 1 is 1.31 bits per heavy atom. The lowest BCUT2D eigenvalue weighted by molar-refractivity contribution is 0.141. The molecular weight excluding hydrogens is 322 g/mol. The molecule has 2 aromatic rings. The van der Waals surface area contributed by atoms with Gasteiger partial charge in [-0.05, 0) is 57.2 Å². The highest BCUT2D eigenvalue weighted by Gasteiger charge is 2.21. The number of likely N-dealkylation sites (tertiary alicyclic amines) is 1. The summed E-state index contributed by atoms with van der Waals surface area (Å²) in [5.74, 6) is 1.62. The van der Waals surface area contributed by atoms with Crippen LogP contribution in [-0.4, -0.2) is 55.1 Å². The molecule has 0 bridgehead atoms. The molecule has 26 heavy (non-hydrogen) atoms. The van der Waals surface area contributed by atoms with Gasteiger partial charge in [-0.15, -0.1) is 0 Å². The number of benzene rings is 1. The highest BCUT2D eigenvalue weighted by Crippen LogP contribution is 2.18. The molecule has 142 valence electrons. The fourth-order valence-corrected chi connectivity index (χ4v) is 3.85. The van der Waals surface area contributed by atoms with E-state index in [-0.39, 0.29) is 0 Å². The van der Waals surface area contributed by atoms with Crippen LogP contribution in [0.15, 0.2) is 35.5 Å². The van der Waals surface area contributed by atoms with Gasteiger partial charge in [-0.2, -0.15) is 0 Å². The fourth-order valence-electron chi connectivity index (χ4n) is 3.85. The average molecular weight is 356 g/mol. The van der Waals surface area contributed by atoms with E-state index in [0.29, 0.717) is 12.0 Å². The molecule has 0 aliphatic carbocycles. The number of nitrogens with one attached hydrogen (secondary N) is 3. The second-order valence-electron chi connectivity index (χ2n) is 7.59. The lowest BCUT2D eigenvalue weighted by Gasteiger charge is -2.35. The lowest BCUT2D eigenvalue weighted by Crippen LogP contribution is -2.46. The van der Waals surface area contributed by atoms with E-state index < -0.39 is 0 Å². The quantitative estimate of drug-likeness (QED) is 0.551. The summed E-state index contributed by atoms with van der Waals surface area (Å²) in [6, 6.07) is 9.11. The molecule has 0 spiro atoms. The van der Waals surface area contributed by atoms with Gasteiger partial charge in [0, 0.05) is 49.8 Å². The molecule has 1 aliphatic heterocycles. The van der Waals surface area contributed by atoms with E-state index in [0.717, 1.165) is 25.5 Å². The summed E-state index contributed by atoms with van der Waals surface area (Å²) in [6.45, 7) is 8.89. The molecule has 1 aromatic carbocycles. The maximum Gasteiger partial charge on any atom is 0.190 e. The Bertz CT molecular complexity index is 718. The fraction of sp³-hybridized carbons (Fsp3) is 0.571. The number of nitrogens with zero attached hydrogens (tertiary/aromatic N) is 2. The summed E-state index contributed by atoms with van der Waals surface area (Å²) in [7, 11) is 1.85. The van der Waals surface area contributed by atoms with Crippen LogP contribution >= 0.6 is 0 Å². The number of hydrogen-bond acceptors (Lipinski definition) is 2. The van der Waals surface area contributed by atoms with Crippen molar-refractivity contribution in [2.45, 2.75) is 39.2 Å². The average Bonchev–Trinajstić information content (AvgIpc) is 3.08. The van der Waals surface area contributed by atoms with Crippen LogP contribution in [0.2, 0.25) is 0 Å². The SMILES string of the molecule is CN=C(NCCc1c[nH]c2ccccc12)NCC1CCCN(C(C)C)C1. The molecule has 5 nitrogen and oxygen atoms in total. The van der Waals surface area contributed by atoms with Gasteiger partial charge in [0.1, 0.15) is 0 Å². The number of aromatic amines is 1. The number of aromatic nitrogens is 1. The van der Waals surface area contributed by atoms with E-state index in [2.05, 4.69) is 69.8 Å². The molecule has 5 heteroatoms. The molecule has 1 aliphatic rings. The monoisotopic (exact) mass is 355 g/mol. The smallest absolute Gasteiger partial charge is 0.190 e. The molecule has 1 saturated heterocycles. The van der Waals surface area contributed by atoms with Crippen LogP contribution in [0.4, 0.5) is 0 Å². The van der Waals surface area contributed by atoms with Gasteiger partial charge < -0.3 is 20.5 Å². The summed E-state index contributed by atoms with van der Waals surface area (Å²) in [6.07, 6.45) is 5.71. The van der Waals surface area contributed by atoms with Crippen molar-refractivity contribution in [3.8, 4) is 0 Å². The van der Waals surface area contributed by atoms with Crippen LogP contribution in [0.1, 0.15) is 32.3 Å². The molecule has 1 unspecified atom stereocenters. The minimum absolute atomic E-state index is 0.645. The molecule has 0 radical (unpaired) electrons. The summed E-state index contributed by atoms with van der Waals surface area (Å²) < 4.78 is 0. The largest absolute Gasteiger partial charge is 0.361 e. The van der Waals surface area contributed by atoms with Crippen LogP contribution in [0, 0.1) is 5.92 Å². The number of fused-ring (bicyclic) bond motifs is 1. The van der Waals surface area contributed by atoms with Gasteiger partial charge in [0.05, 0.1) is 0 Å². The Hall–Kier alpha value is -2.01. The molecule has 0 saturated carbocycles. The minimum Gasteiger partial charge on any atom is -0.361 e. The first kappa shape index (κ1) is 18.8. The predicted molar refractivity (Wildman–Crippen MR) is 111 cm³/mol. The third-order valence-corrected chi connectivity index (χ3v) is 5.42. The third kappa shape index (κ3) is 4.79. The van der Waals surface area contributed by atoms with E-state index in [1.54, 1.807) is 0 Å². The zero-order valence-corrected chi connectivity index (χ0v) is 16.4. The first-order chi connectivity index (χ1) is 12.7. The number of H-pyrrole nitrogens is 1. The normalized spacial score (nSPS) is 19.2. The maximum absolute atomic E-state index is 4.38. The van der Waals surface area contributed by atoms with Crippen molar-refractivity contribution in [1.82, 2.24) is 20.5 Å². The molecule has 1 atom stereocenters. The highest BCUT2D eigenvalue weighted by atomic mass is 15.2. The highest BCUT2D eigenvalue weighted by molar-refractivity contribution is 5.83. The van der Waals surface area contributed by atoms with E-state index >= 15 is 0 Å². The van der Waals surface area contributed by atoms with Gasteiger partial charge in [0.15, 0.2) is 5.96 Å². The lowest BCUT2D eigenvalue weighted by atomic mass is 9.97. The zero-order chi connectivity index (χ0) is 18.4. The van der Waals surface area contributed by atoms with Crippen molar-refractivity contribution in [2.24, 2.45) is 10.9 Å². The third-order valence-electron chi connectivity index (χ3n) is 5.42. The Morgan fingerprint density at radius 2 is 2.15 bits per heavy atom. The number of piperidine rings is 1. The summed E-state index contributed by atoms with van der Waals surface area (Å²) in [5, 5.41) is 8.29. The van der Waals surface area contributed by atoms with E-state index in [1.807, 2.05) is 7.05 Å². The van der Waals surface area contributed by atoms with Gasteiger partial charge >= 0.3 is 0 Å². The minimum atomic E-state index is 0.645. The number of rotatable bonds is 6. The van der Waals surface area contributed by atoms with E-state index in [4.69, 9.17) is 0 Å².